The summed E-state index contributed by atoms with van der Waals surface area (Å²) in [6, 6.07) is 2.20. The number of aryl methyl sites for hydroxylation is 2. The first kappa shape index (κ1) is 5.81. The van der Waals surface area contributed by atoms with E-state index in [0.717, 1.165) is 0 Å². The lowest BCUT2D eigenvalue weighted by atomic mass is 10.3. The summed E-state index contributed by atoms with van der Waals surface area (Å²) < 4.78 is 1.18. The van der Waals surface area contributed by atoms with Gasteiger partial charge in [-0.25, -0.2) is 0 Å². The minimum absolute atomic E-state index is 1.18. The molecule has 0 amide bonds. The van der Waals surface area contributed by atoms with E-state index in [1.165, 1.54) is 23.5 Å². The largest absolute Gasteiger partial charge is 0.134 e. The van der Waals surface area contributed by atoms with E-state index in [9.17, 15) is 0 Å². The van der Waals surface area contributed by atoms with Crippen LogP contribution in [0.15, 0.2) is 10.3 Å². The molecule has 1 heterocycles. The predicted molar refractivity (Wildman–Crippen MR) is 43.6 cm³/mol. The molecule has 1 aliphatic rings. The number of hydrogen-bond acceptors (Lipinski definition) is 2. The molecule has 0 nitrogen and oxygen atoms in total. The number of rotatable bonds is 0. The molecule has 0 saturated heterocycles. The molecule has 0 aliphatic heterocycles. The Morgan fingerprint density at radius 1 is 1.44 bits per heavy atom. The lowest BCUT2D eigenvalue weighted by Crippen LogP contribution is -1.67. The molecule has 0 N–H and O–H groups in total. The number of fused-ring (bicyclic) bond motifs is 1. The average Bonchev–Trinajstić information content (AvgIpc) is 2.22. The summed E-state index contributed by atoms with van der Waals surface area (Å²) >= 11 is 6.12. The van der Waals surface area contributed by atoms with E-state index in [0.29, 0.717) is 0 Å². The standard InChI is InChI=1S/C7H8S2/c8-7-4-5-2-1-3-6(5)9-7/h4,8H,1-3H2. The second-order valence-electron chi connectivity index (χ2n) is 2.39. The van der Waals surface area contributed by atoms with Gasteiger partial charge in [0.2, 0.25) is 0 Å². The van der Waals surface area contributed by atoms with Crippen molar-refractivity contribution in [2.24, 2.45) is 0 Å². The Morgan fingerprint density at radius 2 is 2.33 bits per heavy atom. The molecule has 0 saturated carbocycles. The van der Waals surface area contributed by atoms with E-state index in [4.69, 9.17) is 0 Å². The van der Waals surface area contributed by atoms with Gasteiger partial charge in [-0.1, -0.05) is 0 Å². The van der Waals surface area contributed by atoms with Crippen molar-refractivity contribution in [2.45, 2.75) is 23.5 Å². The summed E-state index contributed by atoms with van der Waals surface area (Å²) in [6.07, 6.45) is 3.93. The summed E-state index contributed by atoms with van der Waals surface area (Å²) in [5.74, 6) is 0. The van der Waals surface area contributed by atoms with Gasteiger partial charge in [-0.15, -0.1) is 24.0 Å². The van der Waals surface area contributed by atoms with Gasteiger partial charge < -0.3 is 0 Å². The number of hydrogen-bond donors (Lipinski definition) is 1. The third-order valence-electron chi connectivity index (χ3n) is 1.73. The smallest absolute Gasteiger partial charge is 0.0573 e. The molecule has 2 rings (SSSR count). The fraction of sp³-hybridized carbons (Fsp3) is 0.429. The SMILES string of the molecule is Sc1cc2c(s1)CCC2. The molecule has 1 aromatic heterocycles. The van der Waals surface area contributed by atoms with Gasteiger partial charge in [0.25, 0.3) is 0 Å². The van der Waals surface area contributed by atoms with E-state index in [2.05, 4.69) is 18.7 Å². The molecule has 0 atom stereocenters. The monoisotopic (exact) mass is 156 g/mol. The fourth-order valence-corrected chi connectivity index (χ4v) is 2.79. The van der Waals surface area contributed by atoms with Gasteiger partial charge in [-0.2, -0.15) is 0 Å². The second kappa shape index (κ2) is 2.03. The van der Waals surface area contributed by atoms with Gasteiger partial charge in [0.05, 0.1) is 4.21 Å². The molecular weight excluding hydrogens is 148 g/mol. The third-order valence-corrected chi connectivity index (χ3v) is 3.18. The van der Waals surface area contributed by atoms with E-state index >= 15 is 0 Å². The van der Waals surface area contributed by atoms with Crippen molar-refractivity contribution in [1.29, 1.82) is 0 Å². The predicted octanol–water partition coefficient (Wildman–Crippen LogP) is 2.53. The minimum atomic E-state index is 1.18. The van der Waals surface area contributed by atoms with Gasteiger partial charge in [-0.3, -0.25) is 0 Å². The van der Waals surface area contributed by atoms with Crippen LogP contribution in [0.25, 0.3) is 0 Å². The molecule has 9 heavy (non-hydrogen) atoms. The fourth-order valence-electron chi connectivity index (χ4n) is 1.31. The van der Waals surface area contributed by atoms with Crippen molar-refractivity contribution >= 4 is 24.0 Å². The third kappa shape index (κ3) is 0.904. The zero-order valence-corrected chi connectivity index (χ0v) is 6.77. The van der Waals surface area contributed by atoms with Crippen LogP contribution in [-0.4, -0.2) is 0 Å². The van der Waals surface area contributed by atoms with Crippen molar-refractivity contribution in [3.63, 3.8) is 0 Å². The number of thiophene rings is 1. The van der Waals surface area contributed by atoms with Gasteiger partial charge in [0.1, 0.15) is 0 Å². The lowest BCUT2D eigenvalue weighted by Gasteiger charge is -1.80. The normalized spacial score (nSPS) is 16.1. The lowest BCUT2D eigenvalue weighted by molar-refractivity contribution is 0.913. The molecule has 1 aliphatic carbocycles. The Kier molecular flexibility index (Phi) is 1.31. The Hall–Kier alpha value is 0.0500. The Morgan fingerprint density at radius 3 is 3.11 bits per heavy atom. The first-order valence-electron chi connectivity index (χ1n) is 3.17. The highest BCUT2D eigenvalue weighted by Gasteiger charge is 2.12. The molecule has 0 spiro atoms. The molecule has 0 radical (unpaired) electrons. The summed E-state index contributed by atoms with van der Waals surface area (Å²) in [4.78, 5) is 1.57. The van der Waals surface area contributed by atoms with E-state index in [1.54, 1.807) is 10.4 Å². The van der Waals surface area contributed by atoms with E-state index in [1.807, 2.05) is 11.3 Å². The van der Waals surface area contributed by atoms with Crippen LogP contribution in [0.5, 0.6) is 0 Å². The maximum Gasteiger partial charge on any atom is 0.0573 e. The molecule has 48 valence electrons. The van der Waals surface area contributed by atoms with Crippen LogP contribution in [0.4, 0.5) is 0 Å². The van der Waals surface area contributed by atoms with Gasteiger partial charge in [0, 0.05) is 4.88 Å². The van der Waals surface area contributed by atoms with Crippen molar-refractivity contribution in [3.8, 4) is 0 Å². The highest BCUT2D eigenvalue weighted by molar-refractivity contribution is 7.82. The van der Waals surface area contributed by atoms with Crippen LogP contribution >= 0.6 is 24.0 Å². The van der Waals surface area contributed by atoms with Crippen molar-refractivity contribution in [3.05, 3.63) is 16.5 Å². The van der Waals surface area contributed by atoms with Crippen LogP contribution < -0.4 is 0 Å². The van der Waals surface area contributed by atoms with Crippen LogP contribution in [0, 0.1) is 0 Å². The summed E-state index contributed by atoms with van der Waals surface area (Å²) in [7, 11) is 0. The summed E-state index contributed by atoms with van der Waals surface area (Å²) in [5, 5.41) is 0. The first-order valence-corrected chi connectivity index (χ1v) is 4.43. The zero-order valence-electron chi connectivity index (χ0n) is 5.05. The van der Waals surface area contributed by atoms with Gasteiger partial charge >= 0.3 is 0 Å². The van der Waals surface area contributed by atoms with Crippen LogP contribution in [0.1, 0.15) is 16.9 Å². The zero-order chi connectivity index (χ0) is 6.27. The molecule has 0 aromatic carbocycles. The Balaban J connectivity index is 2.51. The molecule has 0 bridgehead atoms. The highest BCUT2D eigenvalue weighted by atomic mass is 32.2. The molecule has 0 unspecified atom stereocenters. The quantitative estimate of drug-likeness (QED) is 0.548. The molecule has 2 heteroatoms. The van der Waals surface area contributed by atoms with Crippen LogP contribution in [0.3, 0.4) is 0 Å². The maximum atomic E-state index is 4.28. The topological polar surface area (TPSA) is 0 Å². The van der Waals surface area contributed by atoms with E-state index < -0.39 is 0 Å². The van der Waals surface area contributed by atoms with Crippen LogP contribution in [-0.2, 0) is 12.8 Å². The van der Waals surface area contributed by atoms with Crippen molar-refractivity contribution in [1.82, 2.24) is 0 Å². The average molecular weight is 156 g/mol. The van der Waals surface area contributed by atoms with E-state index in [-0.39, 0.29) is 0 Å². The minimum Gasteiger partial charge on any atom is -0.134 e. The Labute approximate surface area is 64.3 Å². The van der Waals surface area contributed by atoms with Gasteiger partial charge in [0.15, 0.2) is 0 Å². The summed E-state index contributed by atoms with van der Waals surface area (Å²) in [5.41, 5.74) is 1.55. The van der Waals surface area contributed by atoms with Gasteiger partial charge in [-0.05, 0) is 30.9 Å². The van der Waals surface area contributed by atoms with Crippen LogP contribution in [0.2, 0.25) is 0 Å². The molecule has 0 fully saturated rings. The highest BCUT2D eigenvalue weighted by Crippen LogP contribution is 2.31. The number of thiol groups is 1. The Bertz CT molecular complexity index is 203. The first-order chi connectivity index (χ1) is 4.36. The summed E-state index contributed by atoms with van der Waals surface area (Å²) in [6.45, 7) is 0. The van der Waals surface area contributed by atoms with Crippen molar-refractivity contribution < 1.29 is 0 Å². The maximum absolute atomic E-state index is 4.28. The molecule has 1 aromatic rings. The molecular formula is C7H8S2. The van der Waals surface area contributed by atoms with Crippen molar-refractivity contribution in [2.75, 3.05) is 0 Å². The second-order valence-corrected chi connectivity index (χ2v) is 4.31.